The fourth-order valence-electron chi connectivity index (χ4n) is 3.76. The molecule has 2 amide bonds. The Morgan fingerprint density at radius 1 is 1.31 bits per heavy atom. The van der Waals surface area contributed by atoms with Gasteiger partial charge in [0, 0.05) is 32.3 Å². The first kappa shape index (κ1) is 16.8. The highest BCUT2D eigenvalue weighted by Crippen LogP contribution is 2.40. The first-order chi connectivity index (χ1) is 12.6. The average molecular weight is 356 g/mol. The van der Waals surface area contributed by atoms with E-state index in [9.17, 15) is 9.59 Å². The molecule has 2 aromatic heterocycles. The highest BCUT2D eigenvalue weighted by molar-refractivity contribution is 5.94. The van der Waals surface area contributed by atoms with Gasteiger partial charge in [0.05, 0.1) is 42.1 Å². The number of aryl methyl sites for hydroxylation is 2. The van der Waals surface area contributed by atoms with Gasteiger partial charge in [-0.3, -0.25) is 14.3 Å². The van der Waals surface area contributed by atoms with Gasteiger partial charge in [0.15, 0.2) is 0 Å². The van der Waals surface area contributed by atoms with Crippen LogP contribution in [0, 0.1) is 0 Å². The molecule has 8 heteroatoms. The van der Waals surface area contributed by atoms with E-state index in [4.69, 9.17) is 0 Å². The summed E-state index contributed by atoms with van der Waals surface area (Å²) >= 11 is 0. The molecule has 1 aliphatic carbocycles. The minimum atomic E-state index is -0.179. The topological polar surface area (TPSA) is 85.0 Å². The number of hydrogen-bond acceptors (Lipinski definition) is 4. The summed E-state index contributed by atoms with van der Waals surface area (Å²) in [6.07, 6.45) is 10.0. The molecule has 2 atom stereocenters. The lowest BCUT2D eigenvalue weighted by molar-refractivity contribution is -0.138. The predicted molar refractivity (Wildman–Crippen MR) is 94.2 cm³/mol. The standard InChI is InChI=1S/C18H24N6O2/c1-3-23-10-12(8-20-23)18(26)21-14-6-7-16(25)24(13-4-5-13)17(14)15-9-19-11-22(15)2/h8-11,13-14,17H,3-7H2,1-2H3,(H,21,26)/t14-,17-/m1/s1. The first-order valence-electron chi connectivity index (χ1n) is 9.19. The Bertz CT molecular complexity index is 821. The molecule has 1 saturated carbocycles. The van der Waals surface area contributed by atoms with E-state index in [0.29, 0.717) is 18.4 Å². The molecular weight excluding hydrogens is 332 g/mol. The Morgan fingerprint density at radius 2 is 2.12 bits per heavy atom. The number of piperidine rings is 1. The lowest BCUT2D eigenvalue weighted by Crippen LogP contribution is -2.53. The number of likely N-dealkylation sites (tertiary alicyclic amines) is 1. The summed E-state index contributed by atoms with van der Waals surface area (Å²) < 4.78 is 3.67. The summed E-state index contributed by atoms with van der Waals surface area (Å²) in [6, 6.07) is -0.0347. The van der Waals surface area contributed by atoms with E-state index in [1.165, 1.54) is 0 Å². The molecule has 0 bridgehead atoms. The minimum absolute atomic E-state index is 0.138. The fraction of sp³-hybridized carbons (Fsp3) is 0.556. The Morgan fingerprint density at radius 3 is 2.73 bits per heavy atom. The summed E-state index contributed by atoms with van der Waals surface area (Å²) in [4.78, 5) is 31.5. The maximum absolute atomic E-state index is 12.7. The number of imidazole rings is 1. The Kier molecular flexibility index (Phi) is 4.26. The molecule has 3 heterocycles. The summed E-state index contributed by atoms with van der Waals surface area (Å²) in [7, 11) is 1.93. The van der Waals surface area contributed by atoms with Gasteiger partial charge in [0.2, 0.25) is 5.91 Å². The highest BCUT2D eigenvalue weighted by Gasteiger charge is 2.45. The van der Waals surface area contributed by atoms with Crippen molar-refractivity contribution in [1.29, 1.82) is 0 Å². The van der Waals surface area contributed by atoms with Gasteiger partial charge >= 0.3 is 0 Å². The van der Waals surface area contributed by atoms with Crippen molar-refractivity contribution in [2.75, 3.05) is 0 Å². The van der Waals surface area contributed by atoms with E-state index < -0.39 is 0 Å². The largest absolute Gasteiger partial charge is 0.347 e. The smallest absolute Gasteiger partial charge is 0.254 e. The molecule has 1 aliphatic heterocycles. The molecule has 1 saturated heterocycles. The van der Waals surface area contributed by atoms with E-state index in [1.807, 2.05) is 23.4 Å². The van der Waals surface area contributed by atoms with Crippen LogP contribution in [0.5, 0.6) is 0 Å². The van der Waals surface area contributed by atoms with Crippen LogP contribution in [0.2, 0.25) is 0 Å². The summed E-state index contributed by atoms with van der Waals surface area (Å²) in [5, 5.41) is 7.32. The number of amides is 2. The van der Waals surface area contributed by atoms with Crippen molar-refractivity contribution >= 4 is 11.8 Å². The second-order valence-electron chi connectivity index (χ2n) is 7.11. The van der Waals surface area contributed by atoms with E-state index in [2.05, 4.69) is 15.4 Å². The van der Waals surface area contributed by atoms with Crippen molar-refractivity contribution in [3.63, 3.8) is 0 Å². The number of aromatic nitrogens is 4. The molecule has 138 valence electrons. The zero-order valence-electron chi connectivity index (χ0n) is 15.1. The van der Waals surface area contributed by atoms with E-state index in [0.717, 1.165) is 25.1 Å². The van der Waals surface area contributed by atoms with Crippen LogP contribution in [0.25, 0.3) is 0 Å². The highest BCUT2D eigenvalue weighted by atomic mass is 16.2. The average Bonchev–Trinajstić information content (AvgIpc) is 3.18. The van der Waals surface area contributed by atoms with Gasteiger partial charge in [-0.25, -0.2) is 4.98 Å². The number of nitrogens with zero attached hydrogens (tertiary/aromatic N) is 5. The lowest BCUT2D eigenvalue weighted by Gasteiger charge is -2.41. The molecule has 0 radical (unpaired) electrons. The van der Waals surface area contributed by atoms with Crippen LogP contribution in [0.15, 0.2) is 24.9 Å². The fourth-order valence-corrected chi connectivity index (χ4v) is 3.76. The van der Waals surface area contributed by atoms with Crippen LogP contribution in [0.1, 0.15) is 54.7 Å². The number of hydrogen-bond donors (Lipinski definition) is 1. The minimum Gasteiger partial charge on any atom is -0.347 e. The number of rotatable bonds is 5. The maximum Gasteiger partial charge on any atom is 0.254 e. The molecule has 0 spiro atoms. The maximum atomic E-state index is 12.7. The summed E-state index contributed by atoms with van der Waals surface area (Å²) in [6.45, 7) is 2.70. The third-order valence-corrected chi connectivity index (χ3v) is 5.27. The summed E-state index contributed by atoms with van der Waals surface area (Å²) in [5.41, 5.74) is 1.50. The molecular formula is C18H24N6O2. The predicted octanol–water partition coefficient (Wildman–Crippen LogP) is 1.26. The van der Waals surface area contributed by atoms with Crippen LogP contribution in [-0.2, 0) is 18.4 Å². The van der Waals surface area contributed by atoms with Crippen molar-refractivity contribution in [2.45, 2.75) is 57.3 Å². The Labute approximate surface area is 152 Å². The van der Waals surface area contributed by atoms with Crippen LogP contribution in [0.3, 0.4) is 0 Å². The molecule has 2 fully saturated rings. The number of carbonyl (C=O) groups excluding carboxylic acids is 2. The molecule has 2 aliphatic rings. The lowest BCUT2D eigenvalue weighted by atomic mass is 9.92. The van der Waals surface area contributed by atoms with Crippen molar-refractivity contribution in [3.8, 4) is 0 Å². The van der Waals surface area contributed by atoms with Crippen LogP contribution >= 0.6 is 0 Å². The molecule has 4 rings (SSSR count). The van der Waals surface area contributed by atoms with Gasteiger partial charge in [-0.05, 0) is 26.2 Å². The van der Waals surface area contributed by atoms with Crippen molar-refractivity contribution in [3.05, 3.63) is 36.2 Å². The van der Waals surface area contributed by atoms with Crippen LogP contribution < -0.4 is 5.32 Å². The Hall–Kier alpha value is -2.64. The van der Waals surface area contributed by atoms with Gasteiger partial charge in [-0.1, -0.05) is 0 Å². The van der Waals surface area contributed by atoms with Crippen molar-refractivity contribution in [1.82, 2.24) is 29.5 Å². The van der Waals surface area contributed by atoms with Crippen LogP contribution in [0.4, 0.5) is 0 Å². The zero-order valence-corrected chi connectivity index (χ0v) is 15.1. The quantitative estimate of drug-likeness (QED) is 0.874. The third kappa shape index (κ3) is 3.00. The second-order valence-corrected chi connectivity index (χ2v) is 7.11. The molecule has 0 aromatic carbocycles. The monoisotopic (exact) mass is 356 g/mol. The zero-order chi connectivity index (χ0) is 18.3. The summed E-state index contributed by atoms with van der Waals surface area (Å²) in [5.74, 6) is 0.0231. The SMILES string of the molecule is CCn1cc(C(=O)N[C@@H]2CCC(=O)N(C3CC3)[C@H]2c2cncn2C)cn1. The van der Waals surface area contributed by atoms with E-state index >= 15 is 0 Å². The molecule has 2 aromatic rings. The molecule has 8 nitrogen and oxygen atoms in total. The Balaban J connectivity index is 1.61. The molecule has 26 heavy (non-hydrogen) atoms. The third-order valence-electron chi connectivity index (χ3n) is 5.27. The van der Waals surface area contributed by atoms with Gasteiger partial charge in [0.1, 0.15) is 0 Å². The second kappa shape index (κ2) is 6.59. The van der Waals surface area contributed by atoms with Gasteiger partial charge < -0.3 is 14.8 Å². The van der Waals surface area contributed by atoms with Gasteiger partial charge in [-0.15, -0.1) is 0 Å². The molecule has 0 unspecified atom stereocenters. The van der Waals surface area contributed by atoms with Gasteiger partial charge in [0.25, 0.3) is 5.91 Å². The van der Waals surface area contributed by atoms with E-state index in [1.54, 1.807) is 29.6 Å². The number of carbonyl (C=O) groups is 2. The van der Waals surface area contributed by atoms with E-state index in [-0.39, 0.29) is 29.9 Å². The molecule has 1 N–H and O–H groups in total. The number of nitrogens with one attached hydrogen (secondary N) is 1. The normalized spacial score (nSPS) is 23.3. The van der Waals surface area contributed by atoms with Crippen LogP contribution in [-0.4, -0.2) is 48.1 Å². The first-order valence-corrected chi connectivity index (χ1v) is 9.19. The van der Waals surface area contributed by atoms with Crippen molar-refractivity contribution < 1.29 is 9.59 Å². The van der Waals surface area contributed by atoms with Gasteiger partial charge in [-0.2, -0.15) is 5.10 Å². The van der Waals surface area contributed by atoms with Crippen molar-refractivity contribution in [2.24, 2.45) is 7.05 Å².